The minimum Gasteiger partial charge on any atom is -0.207 e. The van der Waals surface area contributed by atoms with E-state index in [-0.39, 0.29) is 0 Å². The van der Waals surface area contributed by atoms with Crippen molar-refractivity contribution in [3.8, 4) is 0 Å². The average molecular weight is 331 g/mol. The van der Waals surface area contributed by atoms with Gasteiger partial charge in [-0.05, 0) is 55.1 Å². The maximum absolute atomic E-state index is 13.7. The first-order chi connectivity index (χ1) is 8.97. The molecule has 0 spiro atoms. The van der Waals surface area contributed by atoms with Gasteiger partial charge in [0.15, 0.2) is 0 Å². The molecular formula is C16H21BrF2. The van der Waals surface area contributed by atoms with Crippen molar-refractivity contribution in [3.63, 3.8) is 0 Å². The molecule has 0 nitrogen and oxygen atoms in total. The van der Waals surface area contributed by atoms with Crippen molar-refractivity contribution >= 4 is 15.9 Å². The van der Waals surface area contributed by atoms with Gasteiger partial charge in [-0.3, -0.25) is 0 Å². The minimum absolute atomic E-state index is 0.411. The Morgan fingerprint density at radius 2 is 2.00 bits per heavy atom. The summed E-state index contributed by atoms with van der Waals surface area (Å²) in [5.41, 5.74) is 0.639. The molecule has 2 rings (SSSR count). The molecule has 0 bridgehead atoms. The lowest BCUT2D eigenvalue weighted by molar-refractivity contribution is 0.222. The normalized spacial score (nSPS) is 27.8. The zero-order valence-electron chi connectivity index (χ0n) is 11.5. The van der Waals surface area contributed by atoms with E-state index < -0.39 is 11.6 Å². The first-order valence-electron chi connectivity index (χ1n) is 7.05. The number of rotatable bonds is 3. The van der Waals surface area contributed by atoms with Crippen LogP contribution in [0.1, 0.15) is 38.7 Å². The molecule has 0 saturated heterocycles. The summed E-state index contributed by atoms with van der Waals surface area (Å²) in [6.45, 7) is 4.52. The van der Waals surface area contributed by atoms with E-state index in [9.17, 15) is 8.78 Å². The van der Waals surface area contributed by atoms with Gasteiger partial charge in [-0.25, -0.2) is 8.78 Å². The van der Waals surface area contributed by atoms with Crippen molar-refractivity contribution in [2.24, 2.45) is 17.8 Å². The van der Waals surface area contributed by atoms with Gasteiger partial charge in [0.25, 0.3) is 0 Å². The second-order valence-electron chi connectivity index (χ2n) is 6.03. The third kappa shape index (κ3) is 3.77. The van der Waals surface area contributed by atoms with E-state index in [2.05, 4.69) is 29.8 Å². The summed E-state index contributed by atoms with van der Waals surface area (Å²) in [4.78, 5) is 0.451. The largest absolute Gasteiger partial charge is 0.207 e. The fraction of sp³-hybridized carbons (Fsp3) is 0.625. The zero-order valence-corrected chi connectivity index (χ0v) is 13.1. The summed E-state index contributed by atoms with van der Waals surface area (Å²) in [7, 11) is 0. The molecule has 1 fully saturated rings. The minimum atomic E-state index is -0.500. The number of benzene rings is 1. The van der Waals surface area contributed by atoms with Gasteiger partial charge in [0.1, 0.15) is 11.6 Å². The fourth-order valence-electron chi connectivity index (χ4n) is 3.05. The predicted molar refractivity (Wildman–Crippen MR) is 78.4 cm³/mol. The highest BCUT2D eigenvalue weighted by Crippen LogP contribution is 2.39. The van der Waals surface area contributed by atoms with E-state index in [1.54, 1.807) is 6.07 Å². The molecule has 0 N–H and O–H groups in total. The quantitative estimate of drug-likeness (QED) is 0.656. The van der Waals surface area contributed by atoms with E-state index in [1.165, 1.54) is 12.5 Å². The summed E-state index contributed by atoms with van der Waals surface area (Å²) in [5.74, 6) is 0.940. The van der Waals surface area contributed by atoms with Crippen molar-refractivity contribution in [2.45, 2.75) is 44.4 Å². The Bertz CT molecular complexity index is 431. The highest BCUT2D eigenvalue weighted by molar-refractivity contribution is 9.09. The maximum atomic E-state index is 13.7. The summed E-state index contributed by atoms with van der Waals surface area (Å²) in [5, 5.41) is 0. The topological polar surface area (TPSA) is 0 Å². The van der Waals surface area contributed by atoms with Crippen LogP contribution in [0.2, 0.25) is 0 Å². The molecule has 0 aliphatic heterocycles. The Hall–Kier alpha value is -0.440. The van der Waals surface area contributed by atoms with Gasteiger partial charge in [-0.1, -0.05) is 35.8 Å². The number of hydrogen-bond acceptors (Lipinski definition) is 0. The molecule has 1 aliphatic carbocycles. The summed E-state index contributed by atoms with van der Waals surface area (Å²) < 4.78 is 26.7. The van der Waals surface area contributed by atoms with Crippen LogP contribution in [-0.2, 0) is 6.42 Å². The molecule has 1 aliphatic rings. The molecule has 0 aromatic heterocycles. The molecule has 3 unspecified atom stereocenters. The monoisotopic (exact) mass is 330 g/mol. The van der Waals surface area contributed by atoms with Gasteiger partial charge in [0.2, 0.25) is 0 Å². The molecule has 0 heterocycles. The van der Waals surface area contributed by atoms with Crippen LogP contribution in [0.15, 0.2) is 18.2 Å². The van der Waals surface area contributed by atoms with Crippen LogP contribution < -0.4 is 0 Å². The van der Waals surface area contributed by atoms with Crippen LogP contribution in [0.25, 0.3) is 0 Å². The van der Waals surface area contributed by atoms with Crippen LogP contribution >= 0.6 is 15.9 Å². The van der Waals surface area contributed by atoms with Crippen LogP contribution in [-0.4, -0.2) is 4.83 Å². The molecular weight excluding hydrogens is 310 g/mol. The first-order valence-corrected chi connectivity index (χ1v) is 7.97. The van der Waals surface area contributed by atoms with Crippen LogP contribution in [0, 0.1) is 29.4 Å². The van der Waals surface area contributed by atoms with E-state index >= 15 is 0 Å². The van der Waals surface area contributed by atoms with Crippen LogP contribution in [0.5, 0.6) is 0 Å². The van der Waals surface area contributed by atoms with Crippen molar-refractivity contribution in [2.75, 3.05) is 0 Å². The lowest BCUT2D eigenvalue weighted by Gasteiger charge is -2.35. The zero-order chi connectivity index (χ0) is 14.0. The van der Waals surface area contributed by atoms with E-state index in [0.717, 1.165) is 24.8 Å². The van der Waals surface area contributed by atoms with Crippen LogP contribution in [0.4, 0.5) is 8.78 Å². The summed E-state index contributed by atoms with van der Waals surface area (Å²) in [6.07, 6.45) is 4.22. The van der Waals surface area contributed by atoms with Gasteiger partial charge >= 0.3 is 0 Å². The fourth-order valence-corrected chi connectivity index (χ4v) is 3.72. The highest BCUT2D eigenvalue weighted by Gasteiger charge is 2.30. The second kappa shape index (κ2) is 6.34. The van der Waals surface area contributed by atoms with Gasteiger partial charge in [-0.15, -0.1) is 0 Å². The van der Waals surface area contributed by atoms with Gasteiger partial charge in [0.05, 0.1) is 0 Å². The Morgan fingerprint density at radius 3 is 2.63 bits per heavy atom. The van der Waals surface area contributed by atoms with Gasteiger partial charge in [-0.2, -0.15) is 0 Å². The van der Waals surface area contributed by atoms with Gasteiger partial charge in [0, 0.05) is 10.9 Å². The van der Waals surface area contributed by atoms with Crippen molar-refractivity contribution in [1.82, 2.24) is 0 Å². The summed E-state index contributed by atoms with van der Waals surface area (Å²) >= 11 is 3.73. The first kappa shape index (κ1) is 15.0. The van der Waals surface area contributed by atoms with Crippen LogP contribution in [0.3, 0.4) is 0 Å². The molecule has 0 radical (unpaired) electrons. The van der Waals surface area contributed by atoms with E-state index in [1.807, 2.05) is 0 Å². The second-order valence-corrected chi connectivity index (χ2v) is 7.21. The SMILES string of the molecule is CC(C)C1CCC(Br)C(Cc2ccc(F)cc2F)C1. The highest BCUT2D eigenvalue weighted by atomic mass is 79.9. The number of halogens is 3. The molecule has 0 amide bonds. The Morgan fingerprint density at radius 1 is 1.26 bits per heavy atom. The molecule has 1 aromatic carbocycles. The lowest BCUT2D eigenvalue weighted by Crippen LogP contribution is -2.29. The Labute approximate surface area is 122 Å². The van der Waals surface area contributed by atoms with Crippen molar-refractivity contribution < 1.29 is 8.78 Å². The average Bonchev–Trinajstić information content (AvgIpc) is 2.34. The van der Waals surface area contributed by atoms with Crippen molar-refractivity contribution in [3.05, 3.63) is 35.4 Å². The standard InChI is InChI=1S/C16H21BrF2/c1-10(2)11-4-6-15(17)13(7-11)8-12-3-5-14(18)9-16(12)19/h3,5,9-11,13,15H,4,6-8H2,1-2H3. The van der Waals surface area contributed by atoms with E-state index in [0.29, 0.717) is 28.6 Å². The van der Waals surface area contributed by atoms with Crippen molar-refractivity contribution in [1.29, 1.82) is 0 Å². The third-order valence-corrected chi connectivity index (χ3v) is 5.58. The number of hydrogen-bond donors (Lipinski definition) is 0. The molecule has 1 saturated carbocycles. The molecule has 19 heavy (non-hydrogen) atoms. The Kier molecular flexibility index (Phi) is 4.99. The number of alkyl halides is 1. The smallest absolute Gasteiger partial charge is 0.129 e. The molecule has 3 heteroatoms. The maximum Gasteiger partial charge on any atom is 0.129 e. The molecule has 3 atom stereocenters. The lowest BCUT2D eigenvalue weighted by atomic mass is 9.74. The summed E-state index contributed by atoms with van der Waals surface area (Å²) in [6, 6.07) is 3.93. The Balaban J connectivity index is 2.07. The molecule has 1 aromatic rings. The van der Waals surface area contributed by atoms with Gasteiger partial charge < -0.3 is 0 Å². The predicted octanol–water partition coefficient (Wildman–Crippen LogP) is 5.34. The van der Waals surface area contributed by atoms with E-state index in [4.69, 9.17) is 0 Å². The molecule has 106 valence electrons. The third-order valence-electron chi connectivity index (χ3n) is 4.37.